The zero-order valence-electron chi connectivity index (χ0n) is 8.94. The van der Waals surface area contributed by atoms with Crippen LogP contribution in [0.4, 0.5) is 10.1 Å². The molecule has 5 heteroatoms. The Hall–Kier alpha value is -1.75. The molecule has 0 saturated heterocycles. The number of nitrogens with zero attached hydrogens (tertiary/aromatic N) is 1. The van der Waals surface area contributed by atoms with Crippen LogP contribution >= 0.6 is 0 Å². The van der Waals surface area contributed by atoms with E-state index >= 15 is 0 Å². The highest BCUT2D eigenvalue weighted by Crippen LogP contribution is 2.20. The van der Waals surface area contributed by atoms with E-state index in [1.807, 2.05) is 7.05 Å². The molecule has 86 valence electrons. The lowest BCUT2D eigenvalue weighted by Crippen LogP contribution is -2.05. The topological polar surface area (TPSA) is 55.2 Å². The van der Waals surface area contributed by atoms with Gasteiger partial charge in [0.1, 0.15) is 5.82 Å². The molecule has 0 aliphatic heterocycles. The van der Waals surface area contributed by atoms with Crippen molar-refractivity contribution in [2.24, 2.45) is 0 Å². The van der Waals surface area contributed by atoms with E-state index in [1.54, 1.807) is 12.2 Å². The van der Waals surface area contributed by atoms with Crippen molar-refractivity contribution in [2.45, 2.75) is 6.42 Å². The number of hydrogen-bond acceptors (Lipinski definition) is 3. The molecule has 0 heterocycles. The van der Waals surface area contributed by atoms with E-state index in [4.69, 9.17) is 0 Å². The lowest BCUT2D eigenvalue weighted by atomic mass is 10.1. The summed E-state index contributed by atoms with van der Waals surface area (Å²) < 4.78 is 12.9. The van der Waals surface area contributed by atoms with Gasteiger partial charge in [0.2, 0.25) is 0 Å². The third-order valence-corrected chi connectivity index (χ3v) is 2.04. The van der Waals surface area contributed by atoms with E-state index in [0.717, 1.165) is 25.1 Å². The minimum Gasteiger partial charge on any atom is -0.319 e. The van der Waals surface area contributed by atoms with Crippen molar-refractivity contribution in [1.29, 1.82) is 0 Å². The second kappa shape index (κ2) is 5.97. The Labute approximate surface area is 92.9 Å². The highest BCUT2D eigenvalue weighted by molar-refractivity contribution is 5.60. The van der Waals surface area contributed by atoms with E-state index in [0.29, 0.717) is 5.56 Å². The van der Waals surface area contributed by atoms with Crippen molar-refractivity contribution in [3.63, 3.8) is 0 Å². The maximum absolute atomic E-state index is 12.9. The molecule has 0 fully saturated rings. The summed E-state index contributed by atoms with van der Waals surface area (Å²) in [5, 5.41) is 13.6. The van der Waals surface area contributed by atoms with Crippen molar-refractivity contribution in [3.05, 3.63) is 45.8 Å². The molecule has 0 radical (unpaired) electrons. The fourth-order valence-corrected chi connectivity index (χ4v) is 1.26. The van der Waals surface area contributed by atoms with Crippen LogP contribution in [0.1, 0.15) is 12.0 Å². The average molecular weight is 224 g/mol. The van der Waals surface area contributed by atoms with Crippen LogP contribution in [0.25, 0.3) is 6.08 Å². The third kappa shape index (κ3) is 3.43. The third-order valence-electron chi connectivity index (χ3n) is 2.04. The SMILES string of the molecule is CNCCC=Cc1cc(F)ccc1[N+](=O)[O-]. The molecular weight excluding hydrogens is 211 g/mol. The average Bonchev–Trinajstić information content (AvgIpc) is 2.24. The van der Waals surface area contributed by atoms with Gasteiger partial charge in [-0.3, -0.25) is 10.1 Å². The van der Waals surface area contributed by atoms with Gasteiger partial charge in [0.15, 0.2) is 0 Å². The summed E-state index contributed by atoms with van der Waals surface area (Å²) in [5.74, 6) is -0.473. The van der Waals surface area contributed by atoms with Crippen molar-refractivity contribution >= 4 is 11.8 Å². The standard InChI is InChI=1S/C11H13FN2O2/c1-13-7-3-2-4-9-8-10(12)5-6-11(9)14(15)16/h2,4-6,8,13H,3,7H2,1H3. The van der Waals surface area contributed by atoms with Crippen LogP contribution in [0.3, 0.4) is 0 Å². The van der Waals surface area contributed by atoms with Crippen LogP contribution in [0.15, 0.2) is 24.3 Å². The highest BCUT2D eigenvalue weighted by Gasteiger charge is 2.11. The molecule has 0 saturated carbocycles. The first-order chi connectivity index (χ1) is 7.65. The molecule has 1 aromatic rings. The summed E-state index contributed by atoms with van der Waals surface area (Å²) in [6.07, 6.45) is 4.08. The monoisotopic (exact) mass is 224 g/mol. The first-order valence-corrected chi connectivity index (χ1v) is 4.90. The predicted molar refractivity (Wildman–Crippen MR) is 60.6 cm³/mol. The van der Waals surface area contributed by atoms with Crippen LogP contribution < -0.4 is 5.32 Å². The van der Waals surface area contributed by atoms with E-state index in [1.165, 1.54) is 6.07 Å². The van der Waals surface area contributed by atoms with Gasteiger partial charge >= 0.3 is 0 Å². The van der Waals surface area contributed by atoms with Crippen LogP contribution in [0.2, 0.25) is 0 Å². The lowest BCUT2D eigenvalue weighted by Gasteiger charge is -1.98. The number of rotatable bonds is 5. The molecule has 4 nitrogen and oxygen atoms in total. The van der Waals surface area contributed by atoms with Gasteiger partial charge in [0.25, 0.3) is 5.69 Å². The molecule has 1 rings (SSSR count). The summed E-state index contributed by atoms with van der Waals surface area (Å²) in [6.45, 7) is 0.777. The fraction of sp³-hybridized carbons (Fsp3) is 0.273. The normalized spacial score (nSPS) is 10.9. The highest BCUT2D eigenvalue weighted by atomic mass is 19.1. The first-order valence-electron chi connectivity index (χ1n) is 4.90. The van der Waals surface area contributed by atoms with Gasteiger partial charge < -0.3 is 5.32 Å². The zero-order valence-corrected chi connectivity index (χ0v) is 8.94. The lowest BCUT2D eigenvalue weighted by molar-refractivity contribution is -0.385. The Kier molecular flexibility index (Phi) is 4.60. The Morgan fingerprint density at radius 3 is 2.94 bits per heavy atom. The van der Waals surface area contributed by atoms with Crippen LogP contribution in [0.5, 0.6) is 0 Å². The smallest absolute Gasteiger partial charge is 0.276 e. The number of nitrogens with one attached hydrogen (secondary N) is 1. The Bertz CT molecular complexity index is 405. The Balaban J connectivity index is 2.88. The largest absolute Gasteiger partial charge is 0.319 e. The number of nitro benzene ring substituents is 1. The van der Waals surface area contributed by atoms with Crippen molar-refractivity contribution in [2.75, 3.05) is 13.6 Å². The number of benzene rings is 1. The minimum absolute atomic E-state index is 0.0814. The fourth-order valence-electron chi connectivity index (χ4n) is 1.26. The van der Waals surface area contributed by atoms with Crippen LogP contribution in [-0.4, -0.2) is 18.5 Å². The van der Waals surface area contributed by atoms with Gasteiger partial charge in [-0.05, 0) is 32.1 Å². The van der Waals surface area contributed by atoms with Crippen molar-refractivity contribution < 1.29 is 9.31 Å². The van der Waals surface area contributed by atoms with Crippen molar-refractivity contribution in [3.8, 4) is 0 Å². The van der Waals surface area contributed by atoms with E-state index in [9.17, 15) is 14.5 Å². The second-order valence-corrected chi connectivity index (χ2v) is 3.25. The quantitative estimate of drug-likeness (QED) is 0.474. The minimum atomic E-state index is -0.517. The molecule has 0 spiro atoms. The zero-order chi connectivity index (χ0) is 12.0. The summed E-state index contributed by atoms with van der Waals surface area (Å²) in [5.41, 5.74) is 0.211. The summed E-state index contributed by atoms with van der Waals surface area (Å²) in [6, 6.07) is 3.42. The number of hydrogen-bond donors (Lipinski definition) is 1. The van der Waals surface area contributed by atoms with Gasteiger partial charge in [-0.15, -0.1) is 0 Å². The summed E-state index contributed by atoms with van der Waals surface area (Å²) >= 11 is 0. The molecule has 0 aliphatic carbocycles. The van der Waals surface area contributed by atoms with E-state index in [2.05, 4.69) is 5.32 Å². The van der Waals surface area contributed by atoms with Crippen molar-refractivity contribution in [1.82, 2.24) is 5.32 Å². The van der Waals surface area contributed by atoms with E-state index < -0.39 is 10.7 Å². The van der Waals surface area contributed by atoms with Gasteiger partial charge in [-0.25, -0.2) is 4.39 Å². The van der Waals surface area contributed by atoms with Crippen LogP contribution in [-0.2, 0) is 0 Å². The Morgan fingerprint density at radius 2 is 2.31 bits per heavy atom. The van der Waals surface area contributed by atoms with Gasteiger partial charge in [0, 0.05) is 6.07 Å². The molecule has 16 heavy (non-hydrogen) atoms. The molecule has 0 atom stereocenters. The number of halogens is 1. The molecule has 0 bridgehead atoms. The molecule has 1 N–H and O–H groups in total. The van der Waals surface area contributed by atoms with Gasteiger partial charge in [-0.2, -0.15) is 0 Å². The maximum Gasteiger partial charge on any atom is 0.276 e. The number of nitro groups is 1. The van der Waals surface area contributed by atoms with E-state index in [-0.39, 0.29) is 5.69 Å². The van der Waals surface area contributed by atoms with Gasteiger partial charge in [0.05, 0.1) is 10.5 Å². The van der Waals surface area contributed by atoms with Gasteiger partial charge in [-0.1, -0.05) is 12.2 Å². The molecule has 0 aromatic heterocycles. The molecule has 0 aliphatic rings. The maximum atomic E-state index is 12.9. The molecule has 0 unspecified atom stereocenters. The Morgan fingerprint density at radius 1 is 1.56 bits per heavy atom. The molecule has 1 aromatic carbocycles. The second-order valence-electron chi connectivity index (χ2n) is 3.25. The van der Waals surface area contributed by atoms with Crippen LogP contribution in [0, 0.1) is 15.9 Å². The molecule has 0 amide bonds. The molecular formula is C11H13FN2O2. The predicted octanol–water partition coefficient (Wildman–Crippen LogP) is 2.36. The first kappa shape index (κ1) is 12.3. The summed E-state index contributed by atoms with van der Waals surface area (Å²) in [4.78, 5) is 10.1. The summed E-state index contributed by atoms with van der Waals surface area (Å²) in [7, 11) is 1.82.